The Bertz CT molecular complexity index is 995. The monoisotopic (exact) mass is 361 g/mol. The number of fused-ring (bicyclic) bond motifs is 6. The molecule has 0 radical (unpaired) electrons. The molecule has 0 atom stereocenters. The smallest absolute Gasteiger partial charge is 0.121 e. The van der Waals surface area contributed by atoms with Crippen LogP contribution in [0, 0.1) is 5.92 Å². The Morgan fingerprint density at radius 1 is 1.04 bits per heavy atom. The van der Waals surface area contributed by atoms with Crippen LogP contribution in [0.15, 0.2) is 54.2 Å². The largest absolute Gasteiger partial charge is 0.489 e. The molecule has 4 heterocycles. The third-order valence-corrected chi connectivity index (χ3v) is 6.19. The number of rotatable bonds is 5. The minimum absolute atomic E-state index is 0.627. The summed E-state index contributed by atoms with van der Waals surface area (Å²) in [7, 11) is 0. The second-order valence-corrected chi connectivity index (χ2v) is 7.78. The summed E-state index contributed by atoms with van der Waals surface area (Å²) in [6, 6.07) is 15.0. The lowest BCUT2D eigenvalue weighted by Gasteiger charge is -2.42. The summed E-state index contributed by atoms with van der Waals surface area (Å²) in [6.07, 6.45) is 6.24. The highest BCUT2D eigenvalue weighted by Gasteiger charge is 2.28. The number of para-hydroxylation sites is 1. The summed E-state index contributed by atoms with van der Waals surface area (Å²) in [5.74, 6) is 1.82. The quantitative estimate of drug-likeness (QED) is 0.743. The van der Waals surface area contributed by atoms with Crippen LogP contribution in [0.25, 0.3) is 21.8 Å². The molecule has 0 amide bonds. The number of hydrogen-bond donors (Lipinski definition) is 1. The third kappa shape index (κ3) is 2.98. The maximum absolute atomic E-state index is 6.11. The molecule has 3 aliphatic heterocycles. The molecule has 3 aromatic rings. The van der Waals surface area contributed by atoms with Crippen molar-refractivity contribution in [3.63, 3.8) is 0 Å². The summed E-state index contributed by atoms with van der Waals surface area (Å²) in [5.41, 5.74) is 9.79. The highest BCUT2D eigenvalue weighted by atomic mass is 16.5. The van der Waals surface area contributed by atoms with E-state index in [1.54, 1.807) is 0 Å². The van der Waals surface area contributed by atoms with E-state index in [1.807, 2.05) is 0 Å². The van der Waals surface area contributed by atoms with Gasteiger partial charge in [0.25, 0.3) is 0 Å². The summed E-state index contributed by atoms with van der Waals surface area (Å²) in [5, 5.41) is 2.54. The molecule has 140 valence electrons. The molecule has 1 aromatic heterocycles. The Labute approximate surface area is 160 Å². The van der Waals surface area contributed by atoms with Gasteiger partial charge in [0.05, 0.1) is 5.52 Å². The van der Waals surface area contributed by atoms with Crippen molar-refractivity contribution in [3.05, 3.63) is 54.2 Å². The first-order valence-electron chi connectivity index (χ1n) is 10.1. The van der Waals surface area contributed by atoms with Crippen molar-refractivity contribution in [2.24, 2.45) is 11.7 Å². The molecular formula is C23H27N3O. The van der Waals surface area contributed by atoms with Gasteiger partial charge in [-0.1, -0.05) is 18.2 Å². The molecule has 0 saturated carbocycles. The van der Waals surface area contributed by atoms with Crippen LogP contribution in [0.5, 0.6) is 5.75 Å². The van der Waals surface area contributed by atoms with Crippen LogP contribution in [0.2, 0.25) is 0 Å². The summed E-state index contributed by atoms with van der Waals surface area (Å²) in [4.78, 5) is 2.53. The van der Waals surface area contributed by atoms with E-state index in [0.717, 1.165) is 18.2 Å². The average Bonchev–Trinajstić information content (AvgIpc) is 3.03. The topological polar surface area (TPSA) is 43.4 Å². The zero-order chi connectivity index (χ0) is 18.2. The van der Waals surface area contributed by atoms with Crippen LogP contribution in [0.4, 0.5) is 0 Å². The van der Waals surface area contributed by atoms with Crippen molar-refractivity contribution < 1.29 is 4.74 Å². The second-order valence-electron chi connectivity index (χ2n) is 7.78. The van der Waals surface area contributed by atoms with Crippen LogP contribution < -0.4 is 10.5 Å². The predicted octanol–water partition coefficient (Wildman–Crippen LogP) is 4.13. The van der Waals surface area contributed by atoms with Crippen molar-refractivity contribution in [2.75, 3.05) is 26.2 Å². The van der Waals surface area contributed by atoms with E-state index in [4.69, 9.17) is 10.5 Å². The van der Waals surface area contributed by atoms with E-state index in [2.05, 4.69) is 58.0 Å². The fourth-order valence-electron chi connectivity index (χ4n) is 4.78. The van der Waals surface area contributed by atoms with Gasteiger partial charge in [0.15, 0.2) is 0 Å². The first-order chi connectivity index (χ1) is 13.3. The van der Waals surface area contributed by atoms with Crippen LogP contribution in [-0.4, -0.2) is 35.7 Å². The van der Waals surface area contributed by atoms with Crippen LogP contribution >= 0.6 is 0 Å². The maximum Gasteiger partial charge on any atom is 0.121 e. The Balaban J connectivity index is 1.41. The molecule has 2 bridgehead atoms. The predicted molar refractivity (Wildman–Crippen MR) is 111 cm³/mol. The molecule has 0 unspecified atom stereocenters. The number of hydrogen-bond acceptors (Lipinski definition) is 3. The fourth-order valence-corrected chi connectivity index (χ4v) is 4.78. The SMILES string of the molecule is NCCn1c2ccccc2c2ccc(OCC=C3CC4CCN3CC4)cc21. The molecule has 27 heavy (non-hydrogen) atoms. The lowest BCUT2D eigenvalue weighted by Crippen LogP contribution is -2.39. The van der Waals surface area contributed by atoms with Gasteiger partial charge in [-0.3, -0.25) is 0 Å². The van der Waals surface area contributed by atoms with E-state index in [0.29, 0.717) is 13.2 Å². The van der Waals surface area contributed by atoms with Gasteiger partial charge in [-0.05, 0) is 49.5 Å². The van der Waals surface area contributed by atoms with Gasteiger partial charge in [-0.25, -0.2) is 0 Å². The number of nitrogens with two attached hydrogens (primary N) is 1. The maximum atomic E-state index is 6.11. The molecule has 0 spiro atoms. The first kappa shape index (κ1) is 16.7. The van der Waals surface area contributed by atoms with Crippen molar-refractivity contribution in [1.82, 2.24) is 9.47 Å². The van der Waals surface area contributed by atoms with Gasteiger partial charge in [0, 0.05) is 54.2 Å². The molecule has 3 fully saturated rings. The molecule has 0 aliphatic carbocycles. The van der Waals surface area contributed by atoms with Gasteiger partial charge >= 0.3 is 0 Å². The van der Waals surface area contributed by atoms with E-state index in [1.165, 1.54) is 59.9 Å². The molecule has 4 heteroatoms. The molecular weight excluding hydrogens is 334 g/mol. The number of benzene rings is 2. The standard InChI is InChI=1S/C23H27N3O/c24-10-13-26-22-4-2-1-3-20(22)21-6-5-19(16-23(21)26)27-14-9-18-15-17-7-11-25(18)12-8-17/h1-6,9,16-17H,7-8,10-15,24H2. The number of nitrogens with zero attached hydrogens (tertiary/aromatic N) is 2. The molecule has 4 nitrogen and oxygen atoms in total. The van der Waals surface area contributed by atoms with Gasteiger partial charge in [-0.2, -0.15) is 0 Å². The van der Waals surface area contributed by atoms with Crippen molar-refractivity contribution >= 4 is 21.8 Å². The zero-order valence-corrected chi connectivity index (χ0v) is 15.7. The van der Waals surface area contributed by atoms with Gasteiger partial charge in [0.1, 0.15) is 12.4 Å². The van der Waals surface area contributed by atoms with E-state index in [9.17, 15) is 0 Å². The normalized spacial score (nSPS) is 18.9. The minimum Gasteiger partial charge on any atom is -0.489 e. The summed E-state index contributed by atoms with van der Waals surface area (Å²) < 4.78 is 8.41. The Morgan fingerprint density at radius 3 is 2.63 bits per heavy atom. The van der Waals surface area contributed by atoms with Crippen LogP contribution in [0.3, 0.4) is 0 Å². The summed E-state index contributed by atoms with van der Waals surface area (Å²) in [6.45, 7) is 4.53. The zero-order valence-electron chi connectivity index (χ0n) is 15.7. The Kier molecular flexibility index (Phi) is 4.29. The fraction of sp³-hybridized carbons (Fsp3) is 0.391. The Morgan fingerprint density at radius 2 is 1.85 bits per heavy atom. The second kappa shape index (κ2) is 6.93. The molecule has 2 N–H and O–H groups in total. The number of ether oxygens (including phenoxy) is 1. The van der Waals surface area contributed by atoms with E-state index in [-0.39, 0.29) is 0 Å². The molecule has 2 aromatic carbocycles. The Hall–Kier alpha value is -2.46. The lowest BCUT2D eigenvalue weighted by atomic mass is 9.86. The first-order valence-corrected chi connectivity index (χ1v) is 10.1. The van der Waals surface area contributed by atoms with Gasteiger partial charge in [-0.15, -0.1) is 0 Å². The van der Waals surface area contributed by atoms with Crippen molar-refractivity contribution in [1.29, 1.82) is 0 Å². The van der Waals surface area contributed by atoms with Crippen molar-refractivity contribution in [2.45, 2.75) is 25.8 Å². The van der Waals surface area contributed by atoms with Crippen molar-refractivity contribution in [3.8, 4) is 5.75 Å². The average molecular weight is 361 g/mol. The molecule has 3 saturated heterocycles. The summed E-state index contributed by atoms with van der Waals surface area (Å²) >= 11 is 0. The van der Waals surface area contributed by atoms with E-state index >= 15 is 0 Å². The minimum atomic E-state index is 0.627. The number of allylic oxidation sites excluding steroid dienone is 1. The van der Waals surface area contributed by atoms with E-state index < -0.39 is 0 Å². The number of aromatic nitrogens is 1. The van der Waals surface area contributed by atoms with Gasteiger partial charge < -0.3 is 19.9 Å². The van der Waals surface area contributed by atoms with Crippen LogP contribution in [-0.2, 0) is 6.54 Å². The third-order valence-electron chi connectivity index (χ3n) is 6.19. The number of piperidine rings is 3. The molecule has 3 aliphatic rings. The van der Waals surface area contributed by atoms with Gasteiger partial charge in [0.2, 0.25) is 0 Å². The highest BCUT2D eigenvalue weighted by Crippen LogP contribution is 2.34. The molecule has 6 rings (SSSR count). The highest BCUT2D eigenvalue weighted by molar-refractivity contribution is 6.08. The van der Waals surface area contributed by atoms with Crippen LogP contribution in [0.1, 0.15) is 19.3 Å². The lowest BCUT2D eigenvalue weighted by molar-refractivity contribution is 0.158.